The van der Waals surface area contributed by atoms with Crippen LogP contribution in [0.4, 0.5) is 0 Å². The summed E-state index contributed by atoms with van der Waals surface area (Å²) < 4.78 is 5.03. The van der Waals surface area contributed by atoms with Crippen molar-refractivity contribution in [1.82, 2.24) is 19.8 Å². The zero-order valence-corrected chi connectivity index (χ0v) is 11.8. The summed E-state index contributed by atoms with van der Waals surface area (Å²) in [5, 5.41) is 0. The number of likely N-dealkylation sites (tertiary alicyclic amines) is 2. The van der Waals surface area contributed by atoms with Crippen molar-refractivity contribution in [2.75, 3.05) is 33.3 Å². The third-order valence-electron chi connectivity index (χ3n) is 4.23. The number of rotatable bonds is 3. The highest BCUT2D eigenvalue weighted by Crippen LogP contribution is 2.22. The lowest BCUT2D eigenvalue weighted by atomic mass is 9.99. The molecule has 108 valence electrons. The summed E-state index contributed by atoms with van der Waals surface area (Å²) in [7, 11) is 1.54. The maximum absolute atomic E-state index is 12.4. The van der Waals surface area contributed by atoms with Crippen molar-refractivity contribution in [3.8, 4) is 5.88 Å². The van der Waals surface area contributed by atoms with E-state index in [9.17, 15) is 4.79 Å². The van der Waals surface area contributed by atoms with Gasteiger partial charge in [-0.3, -0.25) is 4.79 Å². The number of piperidine rings is 1. The number of nitrogens with zero attached hydrogens (tertiary/aromatic N) is 4. The van der Waals surface area contributed by atoms with E-state index in [1.165, 1.54) is 32.9 Å². The maximum atomic E-state index is 12.4. The Bertz CT molecular complexity index is 482. The number of hydrogen-bond donors (Lipinski definition) is 0. The van der Waals surface area contributed by atoms with Gasteiger partial charge in [-0.05, 0) is 32.4 Å². The van der Waals surface area contributed by atoms with Crippen LogP contribution in [0.3, 0.4) is 0 Å². The van der Waals surface area contributed by atoms with Crippen molar-refractivity contribution in [3.05, 3.63) is 18.1 Å². The zero-order chi connectivity index (χ0) is 13.9. The first-order valence-electron chi connectivity index (χ1n) is 7.17. The van der Waals surface area contributed by atoms with E-state index in [2.05, 4.69) is 14.9 Å². The fourth-order valence-electron chi connectivity index (χ4n) is 2.87. The van der Waals surface area contributed by atoms with Crippen LogP contribution < -0.4 is 4.74 Å². The third-order valence-corrected chi connectivity index (χ3v) is 4.23. The number of aromatic nitrogens is 2. The van der Waals surface area contributed by atoms with E-state index >= 15 is 0 Å². The summed E-state index contributed by atoms with van der Waals surface area (Å²) in [5.41, 5.74) is 0.416. The van der Waals surface area contributed by atoms with Gasteiger partial charge in [-0.1, -0.05) is 0 Å². The molecule has 1 aromatic rings. The molecule has 0 aliphatic carbocycles. The molecular formula is C14H20N4O2. The molecule has 2 aliphatic heterocycles. The van der Waals surface area contributed by atoms with Crippen LogP contribution in [-0.2, 0) is 0 Å². The quantitative estimate of drug-likeness (QED) is 0.817. The highest BCUT2D eigenvalue weighted by Gasteiger charge is 2.30. The molecule has 0 bridgehead atoms. The highest BCUT2D eigenvalue weighted by molar-refractivity contribution is 5.92. The molecule has 0 unspecified atom stereocenters. The molecule has 3 rings (SSSR count). The van der Waals surface area contributed by atoms with Crippen molar-refractivity contribution < 1.29 is 9.53 Å². The van der Waals surface area contributed by atoms with Gasteiger partial charge in [-0.15, -0.1) is 0 Å². The van der Waals surface area contributed by atoms with Gasteiger partial charge in [0.1, 0.15) is 12.0 Å². The van der Waals surface area contributed by atoms with Crippen LogP contribution in [0.25, 0.3) is 0 Å². The molecule has 0 N–H and O–H groups in total. The minimum atomic E-state index is -0.0206. The number of ether oxygens (including phenoxy) is 1. The number of amides is 1. The number of hydrogen-bond acceptors (Lipinski definition) is 5. The smallest absolute Gasteiger partial charge is 0.272 e. The minimum absolute atomic E-state index is 0.0206. The monoisotopic (exact) mass is 276 g/mol. The normalized spacial score (nSPS) is 20.6. The highest BCUT2D eigenvalue weighted by atomic mass is 16.5. The Morgan fingerprint density at radius 1 is 1.25 bits per heavy atom. The Hall–Kier alpha value is -1.69. The van der Waals surface area contributed by atoms with Gasteiger partial charge in [0, 0.05) is 25.2 Å². The molecule has 0 aromatic carbocycles. The molecule has 0 atom stereocenters. The van der Waals surface area contributed by atoms with Crippen LogP contribution in [0, 0.1) is 0 Å². The fraction of sp³-hybridized carbons (Fsp3) is 0.643. The van der Waals surface area contributed by atoms with Gasteiger partial charge >= 0.3 is 0 Å². The Balaban J connectivity index is 1.60. The first kappa shape index (κ1) is 13.3. The SMILES string of the molecule is COc1cc(C(=O)N2CCC(N3CCC3)CC2)ncn1. The summed E-state index contributed by atoms with van der Waals surface area (Å²) in [6, 6.07) is 2.26. The average molecular weight is 276 g/mol. The lowest BCUT2D eigenvalue weighted by molar-refractivity contribution is 0.0484. The molecule has 0 radical (unpaired) electrons. The summed E-state index contributed by atoms with van der Waals surface area (Å²) in [5.74, 6) is 0.409. The van der Waals surface area contributed by atoms with Gasteiger partial charge in [0.25, 0.3) is 5.91 Å². The van der Waals surface area contributed by atoms with Gasteiger partial charge in [-0.2, -0.15) is 0 Å². The standard InChI is InChI=1S/C14H20N4O2/c1-20-13-9-12(15-10-16-13)14(19)18-7-3-11(4-8-18)17-5-2-6-17/h9-11H,2-8H2,1H3. The van der Waals surface area contributed by atoms with Gasteiger partial charge in [-0.25, -0.2) is 9.97 Å². The van der Waals surface area contributed by atoms with Gasteiger partial charge in [0.15, 0.2) is 0 Å². The van der Waals surface area contributed by atoms with Crippen molar-refractivity contribution >= 4 is 5.91 Å². The van der Waals surface area contributed by atoms with Gasteiger partial charge in [0.2, 0.25) is 5.88 Å². The fourth-order valence-corrected chi connectivity index (χ4v) is 2.87. The Morgan fingerprint density at radius 3 is 2.60 bits per heavy atom. The minimum Gasteiger partial charge on any atom is -0.481 e. The van der Waals surface area contributed by atoms with Crippen LogP contribution in [-0.4, -0.2) is 65.0 Å². The van der Waals surface area contributed by atoms with E-state index < -0.39 is 0 Å². The summed E-state index contributed by atoms with van der Waals surface area (Å²) >= 11 is 0. The van der Waals surface area contributed by atoms with E-state index in [1.54, 1.807) is 6.07 Å². The number of carbonyl (C=O) groups is 1. The molecule has 2 fully saturated rings. The van der Waals surface area contributed by atoms with Crippen molar-refractivity contribution in [2.24, 2.45) is 0 Å². The molecule has 1 amide bonds. The lowest BCUT2D eigenvalue weighted by Crippen LogP contribution is -2.51. The molecule has 2 saturated heterocycles. The van der Waals surface area contributed by atoms with Crippen molar-refractivity contribution in [3.63, 3.8) is 0 Å². The topological polar surface area (TPSA) is 58.6 Å². The molecule has 6 nitrogen and oxygen atoms in total. The third kappa shape index (κ3) is 2.60. The molecular weight excluding hydrogens is 256 g/mol. The summed E-state index contributed by atoms with van der Waals surface area (Å²) in [4.78, 5) is 24.8. The van der Waals surface area contributed by atoms with Crippen LogP contribution >= 0.6 is 0 Å². The molecule has 0 saturated carbocycles. The molecule has 20 heavy (non-hydrogen) atoms. The average Bonchev–Trinajstić information content (AvgIpc) is 2.45. The number of carbonyl (C=O) groups excluding carboxylic acids is 1. The van der Waals surface area contributed by atoms with Crippen molar-refractivity contribution in [2.45, 2.75) is 25.3 Å². The van der Waals surface area contributed by atoms with Gasteiger partial charge in [0.05, 0.1) is 7.11 Å². The molecule has 1 aromatic heterocycles. The molecule has 2 aliphatic rings. The second-order valence-corrected chi connectivity index (χ2v) is 5.36. The van der Waals surface area contributed by atoms with Crippen molar-refractivity contribution in [1.29, 1.82) is 0 Å². The van der Waals surface area contributed by atoms with Gasteiger partial charge < -0.3 is 14.5 Å². The zero-order valence-electron chi connectivity index (χ0n) is 11.8. The Labute approximate surface area is 118 Å². The summed E-state index contributed by atoms with van der Waals surface area (Å²) in [6.07, 6.45) is 4.82. The van der Waals surface area contributed by atoms with E-state index in [0.717, 1.165) is 25.9 Å². The van der Waals surface area contributed by atoms with E-state index in [1.807, 2.05) is 4.90 Å². The largest absolute Gasteiger partial charge is 0.481 e. The van der Waals surface area contributed by atoms with E-state index in [-0.39, 0.29) is 5.91 Å². The molecule has 0 spiro atoms. The second kappa shape index (κ2) is 5.75. The first-order chi connectivity index (χ1) is 9.78. The second-order valence-electron chi connectivity index (χ2n) is 5.36. The van der Waals surface area contributed by atoms with E-state index in [0.29, 0.717) is 17.6 Å². The Kier molecular flexibility index (Phi) is 3.82. The maximum Gasteiger partial charge on any atom is 0.272 e. The van der Waals surface area contributed by atoms with Crippen LogP contribution in [0.15, 0.2) is 12.4 Å². The summed E-state index contributed by atoms with van der Waals surface area (Å²) in [6.45, 7) is 4.07. The van der Waals surface area contributed by atoms with E-state index in [4.69, 9.17) is 4.74 Å². The molecule has 6 heteroatoms. The van der Waals surface area contributed by atoms with Crippen LogP contribution in [0.1, 0.15) is 29.8 Å². The molecule has 3 heterocycles. The predicted molar refractivity (Wildman–Crippen MR) is 73.7 cm³/mol. The number of methoxy groups -OCH3 is 1. The van der Waals surface area contributed by atoms with Crippen LogP contribution in [0.2, 0.25) is 0 Å². The predicted octanol–water partition coefficient (Wildman–Crippen LogP) is 0.795. The van der Waals surface area contributed by atoms with Crippen LogP contribution in [0.5, 0.6) is 5.88 Å². The lowest BCUT2D eigenvalue weighted by Gasteiger charge is -2.42. The Morgan fingerprint density at radius 2 is 2.00 bits per heavy atom. The first-order valence-corrected chi connectivity index (χ1v) is 7.17.